The van der Waals surface area contributed by atoms with Gasteiger partial charge in [0, 0.05) is 48.7 Å². The molecule has 0 atom stereocenters. The summed E-state index contributed by atoms with van der Waals surface area (Å²) >= 11 is 1.68. The minimum atomic E-state index is -4.43. The van der Waals surface area contributed by atoms with Crippen molar-refractivity contribution in [2.45, 2.75) is 11.1 Å². The fourth-order valence-corrected chi connectivity index (χ4v) is 4.88. The van der Waals surface area contributed by atoms with E-state index in [1.165, 1.54) is 29.5 Å². The fourth-order valence-electron chi connectivity index (χ4n) is 3.83. The number of aromatic nitrogens is 1. The summed E-state index contributed by atoms with van der Waals surface area (Å²) in [6, 6.07) is 10.8. The third-order valence-corrected chi connectivity index (χ3v) is 6.29. The molecule has 10 heteroatoms. The maximum absolute atomic E-state index is 12.8. The molecule has 32 heavy (non-hydrogen) atoms. The molecule has 3 aromatic rings. The van der Waals surface area contributed by atoms with E-state index >= 15 is 0 Å². The number of hydrogen-bond donors (Lipinski definition) is 0. The largest absolute Gasteiger partial charge is 0.468 e. The van der Waals surface area contributed by atoms with Gasteiger partial charge in [0.2, 0.25) is 5.88 Å². The van der Waals surface area contributed by atoms with E-state index in [0.29, 0.717) is 18.7 Å². The van der Waals surface area contributed by atoms with Crippen molar-refractivity contribution in [3.63, 3.8) is 0 Å². The highest BCUT2D eigenvalue weighted by molar-refractivity contribution is 7.97. The van der Waals surface area contributed by atoms with Crippen LogP contribution in [0, 0.1) is 0 Å². The van der Waals surface area contributed by atoms with Crippen LogP contribution in [0.5, 0.6) is 5.88 Å². The Labute approximate surface area is 185 Å². The van der Waals surface area contributed by atoms with Crippen molar-refractivity contribution in [3.8, 4) is 5.88 Å². The second-order valence-corrected chi connectivity index (χ2v) is 8.84. The Bertz CT molecular complexity index is 1170. The van der Waals surface area contributed by atoms with Gasteiger partial charge in [-0.15, -0.1) is 0 Å². The van der Waals surface area contributed by atoms with Crippen LogP contribution >= 0.6 is 11.9 Å². The zero-order chi connectivity index (χ0) is 22.3. The minimum absolute atomic E-state index is 0.165. The molecule has 4 heterocycles. The lowest BCUT2D eigenvalue weighted by Crippen LogP contribution is -2.32. The highest BCUT2D eigenvalue weighted by Crippen LogP contribution is 2.34. The van der Waals surface area contributed by atoms with Gasteiger partial charge in [-0.05, 0) is 53.4 Å². The van der Waals surface area contributed by atoms with Crippen molar-refractivity contribution in [3.05, 3.63) is 65.6 Å². The number of pyridine rings is 1. The Hall–Kier alpha value is -2.98. The van der Waals surface area contributed by atoms with E-state index in [0.717, 1.165) is 29.0 Å². The van der Waals surface area contributed by atoms with Gasteiger partial charge >= 0.3 is 6.18 Å². The quantitative estimate of drug-likeness (QED) is 0.411. The van der Waals surface area contributed by atoms with Gasteiger partial charge < -0.3 is 14.1 Å². The summed E-state index contributed by atoms with van der Waals surface area (Å²) in [7, 11) is 0. The molecule has 0 saturated heterocycles. The lowest BCUT2D eigenvalue weighted by molar-refractivity contribution is -0.154. The number of hydrogen-bond acceptors (Lipinski definition) is 6. The van der Waals surface area contributed by atoms with Gasteiger partial charge in [-0.1, -0.05) is 0 Å². The number of halogens is 3. The summed E-state index contributed by atoms with van der Waals surface area (Å²) in [5.74, 6) is -0.360. The van der Waals surface area contributed by atoms with Crippen LogP contribution < -0.4 is 4.74 Å². The Balaban J connectivity index is 1.15. The van der Waals surface area contributed by atoms with Gasteiger partial charge in [0.25, 0.3) is 5.91 Å². The second-order valence-electron chi connectivity index (χ2n) is 7.67. The first kappa shape index (κ1) is 20.9. The van der Waals surface area contributed by atoms with Crippen molar-refractivity contribution >= 4 is 28.8 Å². The van der Waals surface area contributed by atoms with Gasteiger partial charge in [-0.2, -0.15) is 13.2 Å². The van der Waals surface area contributed by atoms with Crippen molar-refractivity contribution in [2.75, 3.05) is 32.8 Å². The van der Waals surface area contributed by atoms with Gasteiger partial charge in [0.15, 0.2) is 6.61 Å². The fraction of sp³-hybridized carbons (Fsp3) is 0.273. The lowest BCUT2D eigenvalue weighted by atomic mass is 10.2. The number of ether oxygens (including phenoxy) is 1. The molecule has 166 valence electrons. The first-order valence-corrected chi connectivity index (χ1v) is 10.7. The number of fused-ring (bicyclic) bond motifs is 1. The Kier molecular flexibility index (Phi) is 5.34. The van der Waals surface area contributed by atoms with Crippen molar-refractivity contribution in [1.82, 2.24) is 14.2 Å². The van der Waals surface area contributed by atoms with E-state index in [1.807, 2.05) is 18.2 Å². The molecule has 0 spiro atoms. The third-order valence-electron chi connectivity index (χ3n) is 5.31. The maximum Gasteiger partial charge on any atom is 0.422 e. The minimum Gasteiger partial charge on any atom is -0.468 e. The predicted octanol–water partition coefficient (Wildman–Crippen LogP) is 4.54. The van der Waals surface area contributed by atoms with Crippen LogP contribution in [-0.2, 0) is 0 Å². The summed E-state index contributed by atoms with van der Waals surface area (Å²) in [5.41, 5.74) is 3.65. The molecule has 0 aliphatic carbocycles. The first-order valence-electron chi connectivity index (χ1n) is 9.89. The summed E-state index contributed by atoms with van der Waals surface area (Å²) in [6.45, 7) is 1.21. The number of carbonyl (C=O) groups excluding carboxylic acids is 1. The molecule has 0 unspecified atom stereocenters. The predicted molar refractivity (Wildman–Crippen MR) is 112 cm³/mol. The number of alkyl halides is 3. The summed E-state index contributed by atoms with van der Waals surface area (Å²) in [6.07, 6.45) is -1.50. The van der Waals surface area contributed by atoms with Crippen LogP contribution in [0.15, 0.2) is 69.3 Å². The highest BCUT2D eigenvalue weighted by atomic mass is 32.2. The first-order chi connectivity index (χ1) is 15.3. The molecular formula is C22H18F3N3O3S. The average molecular weight is 461 g/mol. The van der Waals surface area contributed by atoms with E-state index in [2.05, 4.69) is 20.1 Å². The number of nitrogens with zero attached hydrogens (tertiary/aromatic N) is 3. The Morgan fingerprint density at radius 3 is 2.56 bits per heavy atom. The maximum atomic E-state index is 12.8. The molecule has 2 aromatic heterocycles. The van der Waals surface area contributed by atoms with Crippen molar-refractivity contribution < 1.29 is 27.1 Å². The molecule has 1 amide bonds. The summed E-state index contributed by atoms with van der Waals surface area (Å²) in [5, 5.41) is 1.06. The third kappa shape index (κ3) is 4.46. The molecule has 0 bridgehead atoms. The average Bonchev–Trinajstić information content (AvgIpc) is 3.46. The zero-order valence-corrected chi connectivity index (χ0v) is 17.6. The number of carbonyl (C=O) groups is 1. The normalized spacial score (nSPS) is 16.8. The molecule has 2 aliphatic heterocycles. The van der Waals surface area contributed by atoms with Crippen LogP contribution in [0.4, 0.5) is 13.2 Å². The number of rotatable bonds is 5. The van der Waals surface area contributed by atoms with Crippen LogP contribution in [0.1, 0.15) is 10.4 Å². The molecule has 5 rings (SSSR count). The molecule has 6 nitrogen and oxygen atoms in total. The number of furan rings is 1. The molecule has 0 fully saturated rings. The van der Waals surface area contributed by atoms with Gasteiger partial charge in [0.1, 0.15) is 5.58 Å². The van der Waals surface area contributed by atoms with Gasteiger partial charge in [0.05, 0.1) is 11.8 Å². The van der Waals surface area contributed by atoms with Crippen LogP contribution in [0.25, 0.3) is 11.0 Å². The second kappa shape index (κ2) is 8.18. The molecule has 0 saturated carbocycles. The molecular weight excluding hydrogens is 443 g/mol. The van der Waals surface area contributed by atoms with E-state index in [1.54, 1.807) is 23.1 Å². The van der Waals surface area contributed by atoms with Gasteiger partial charge in [-0.3, -0.25) is 4.79 Å². The summed E-state index contributed by atoms with van der Waals surface area (Å²) in [4.78, 5) is 19.5. The SMILES string of the molecule is O=C(c1ccc(OCC(F)(F)F)nc1)N1CC2=C(CN(Sc3ccc4occc4c3)C2)C1. The van der Waals surface area contributed by atoms with Crippen LogP contribution in [0.3, 0.4) is 0 Å². The molecule has 0 radical (unpaired) electrons. The van der Waals surface area contributed by atoms with Crippen LogP contribution in [-0.4, -0.2) is 59.1 Å². The Morgan fingerprint density at radius 2 is 1.88 bits per heavy atom. The smallest absolute Gasteiger partial charge is 0.422 e. The van der Waals surface area contributed by atoms with E-state index in [-0.39, 0.29) is 11.8 Å². The van der Waals surface area contributed by atoms with Crippen molar-refractivity contribution in [2.24, 2.45) is 0 Å². The van der Waals surface area contributed by atoms with E-state index in [4.69, 9.17) is 4.42 Å². The standard InChI is InChI=1S/C22H18F3N3O3S/c23-22(24,25)13-31-20-4-1-15(8-26-20)21(29)27-9-16-11-28(12-17(16)10-27)32-18-2-3-19-14(7-18)5-6-30-19/h1-8H,9-13H2. The molecule has 1 aromatic carbocycles. The molecule has 0 N–H and O–H groups in total. The van der Waals surface area contributed by atoms with E-state index < -0.39 is 12.8 Å². The highest BCUT2D eigenvalue weighted by Gasteiger charge is 2.33. The Morgan fingerprint density at radius 1 is 1.09 bits per heavy atom. The van der Waals surface area contributed by atoms with E-state index in [9.17, 15) is 18.0 Å². The number of amides is 1. The lowest BCUT2D eigenvalue weighted by Gasteiger charge is -2.22. The van der Waals surface area contributed by atoms with Crippen LogP contribution in [0.2, 0.25) is 0 Å². The summed E-state index contributed by atoms with van der Waals surface area (Å²) < 4.78 is 48.9. The monoisotopic (exact) mass is 461 g/mol. The number of benzene rings is 1. The van der Waals surface area contributed by atoms with Gasteiger partial charge in [-0.25, -0.2) is 9.29 Å². The molecule has 2 aliphatic rings. The topological polar surface area (TPSA) is 58.8 Å². The van der Waals surface area contributed by atoms with Crippen molar-refractivity contribution in [1.29, 1.82) is 0 Å². The zero-order valence-electron chi connectivity index (χ0n) is 16.8.